The van der Waals surface area contributed by atoms with Gasteiger partial charge in [-0.3, -0.25) is 0 Å². The second-order valence-corrected chi connectivity index (χ2v) is 6.95. The fourth-order valence-corrected chi connectivity index (χ4v) is 2.23. The van der Waals surface area contributed by atoms with Gasteiger partial charge in [-0.05, 0) is 65.1 Å². The molecule has 0 aliphatic carbocycles. The van der Waals surface area contributed by atoms with E-state index in [4.69, 9.17) is 14.0 Å². The molecule has 1 aliphatic heterocycles. The molecule has 1 saturated heterocycles. The summed E-state index contributed by atoms with van der Waals surface area (Å²) >= 11 is 0. The first-order valence-electron chi connectivity index (χ1n) is 7.79. The Balaban J connectivity index is 2.18. The van der Waals surface area contributed by atoms with E-state index in [-0.39, 0.29) is 24.4 Å². The summed E-state index contributed by atoms with van der Waals surface area (Å²) in [6.45, 7) is 14.5. The van der Waals surface area contributed by atoms with Crippen LogP contribution in [0.4, 0.5) is 0 Å². The summed E-state index contributed by atoms with van der Waals surface area (Å²) in [7, 11) is -0.314. The largest absolute Gasteiger partial charge is 0.494 e. The maximum Gasteiger partial charge on any atom is 0.494 e. The maximum atomic E-state index is 6.08. The SMILES string of the molecule is CCC(C)Oc1ccc(B2OC(C)(C)C(C)(C)O2)cc1C. The summed E-state index contributed by atoms with van der Waals surface area (Å²) in [5, 5.41) is 0. The third kappa shape index (κ3) is 3.27. The molecule has 1 aliphatic rings. The number of benzene rings is 1. The molecule has 0 saturated carbocycles. The lowest BCUT2D eigenvalue weighted by molar-refractivity contribution is 0.00578. The Kier molecular flexibility index (Phi) is 4.41. The molecule has 3 nitrogen and oxygen atoms in total. The van der Waals surface area contributed by atoms with Gasteiger partial charge < -0.3 is 14.0 Å². The second kappa shape index (κ2) is 5.66. The minimum atomic E-state index is -0.314. The van der Waals surface area contributed by atoms with Gasteiger partial charge in [0, 0.05) is 0 Å². The highest BCUT2D eigenvalue weighted by Gasteiger charge is 2.51. The molecule has 0 bridgehead atoms. The minimum Gasteiger partial charge on any atom is -0.490 e. The van der Waals surface area contributed by atoms with Crippen molar-refractivity contribution in [2.24, 2.45) is 0 Å². The van der Waals surface area contributed by atoms with Gasteiger partial charge in [0.1, 0.15) is 5.75 Å². The van der Waals surface area contributed by atoms with E-state index < -0.39 is 0 Å². The van der Waals surface area contributed by atoms with E-state index in [1.165, 1.54) is 0 Å². The third-order valence-electron chi connectivity index (χ3n) is 4.63. The van der Waals surface area contributed by atoms with Crippen molar-refractivity contribution in [3.8, 4) is 5.75 Å². The smallest absolute Gasteiger partial charge is 0.490 e. The van der Waals surface area contributed by atoms with Crippen molar-refractivity contribution in [1.29, 1.82) is 0 Å². The van der Waals surface area contributed by atoms with E-state index in [9.17, 15) is 0 Å². The first kappa shape index (κ1) is 16.4. The van der Waals surface area contributed by atoms with Crippen molar-refractivity contribution >= 4 is 12.6 Å². The van der Waals surface area contributed by atoms with Crippen LogP contribution in [0.15, 0.2) is 18.2 Å². The Morgan fingerprint density at radius 1 is 1.14 bits per heavy atom. The van der Waals surface area contributed by atoms with Crippen molar-refractivity contribution in [2.75, 3.05) is 0 Å². The van der Waals surface area contributed by atoms with Crippen LogP contribution in [0.25, 0.3) is 0 Å². The van der Waals surface area contributed by atoms with E-state index in [1.54, 1.807) is 0 Å². The van der Waals surface area contributed by atoms with Crippen molar-refractivity contribution in [3.63, 3.8) is 0 Å². The fraction of sp³-hybridized carbons (Fsp3) is 0.647. The summed E-state index contributed by atoms with van der Waals surface area (Å²) in [6, 6.07) is 6.15. The molecule has 1 unspecified atom stereocenters. The Labute approximate surface area is 129 Å². The molecule has 1 fully saturated rings. The molecule has 0 aromatic heterocycles. The molecular formula is C17H27BO3. The average Bonchev–Trinajstić information content (AvgIpc) is 2.60. The topological polar surface area (TPSA) is 27.7 Å². The molecule has 0 amide bonds. The van der Waals surface area contributed by atoms with Crippen LogP contribution in [0, 0.1) is 6.92 Å². The summed E-state index contributed by atoms with van der Waals surface area (Å²) in [5.74, 6) is 0.935. The summed E-state index contributed by atoms with van der Waals surface area (Å²) < 4.78 is 18.1. The van der Waals surface area contributed by atoms with Crippen LogP contribution in [0.3, 0.4) is 0 Å². The summed E-state index contributed by atoms with van der Waals surface area (Å²) in [6.07, 6.45) is 1.23. The van der Waals surface area contributed by atoms with Gasteiger partial charge in [0.25, 0.3) is 0 Å². The molecular weight excluding hydrogens is 263 g/mol. The molecule has 4 heteroatoms. The molecule has 116 valence electrons. The predicted molar refractivity (Wildman–Crippen MR) is 87.3 cm³/mol. The van der Waals surface area contributed by atoms with Gasteiger partial charge in [-0.1, -0.05) is 19.1 Å². The van der Waals surface area contributed by atoms with Crippen molar-refractivity contribution in [3.05, 3.63) is 23.8 Å². The van der Waals surface area contributed by atoms with Crippen LogP contribution in [-0.2, 0) is 9.31 Å². The first-order valence-corrected chi connectivity index (χ1v) is 7.79. The van der Waals surface area contributed by atoms with Gasteiger partial charge in [0.15, 0.2) is 0 Å². The van der Waals surface area contributed by atoms with Crippen LogP contribution in [-0.4, -0.2) is 24.4 Å². The fourth-order valence-electron chi connectivity index (χ4n) is 2.23. The highest BCUT2D eigenvalue weighted by molar-refractivity contribution is 6.62. The van der Waals surface area contributed by atoms with E-state index in [0.717, 1.165) is 23.2 Å². The molecule has 0 N–H and O–H groups in total. The number of ether oxygens (including phenoxy) is 1. The minimum absolute atomic E-state index is 0.228. The molecule has 1 aromatic rings. The van der Waals surface area contributed by atoms with E-state index in [2.05, 4.69) is 54.5 Å². The van der Waals surface area contributed by atoms with E-state index in [0.29, 0.717) is 0 Å². The third-order valence-corrected chi connectivity index (χ3v) is 4.63. The lowest BCUT2D eigenvalue weighted by atomic mass is 9.78. The van der Waals surface area contributed by atoms with Crippen molar-refractivity contribution in [1.82, 2.24) is 0 Å². The highest BCUT2D eigenvalue weighted by atomic mass is 16.7. The van der Waals surface area contributed by atoms with Crippen LogP contribution in [0.2, 0.25) is 0 Å². The number of hydrogen-bond acceptors (Lipinski definition) is 3. The zero-order chi connectivity index (χ0) is 15.8. The molecule has 21 heavy (non-hydrogen) atoms. The Morgan fingerprint density at radius 3 is 2.19 bits per heavy atom. The second-order valence-electron chi connectivity index (χ2n) is 6.95. The Morgan fingerprint density at radius 2 is 1.71 bits per heavy atom. The van der Waals surface area contributed by atoms with Crippen molar-refractivity contribution in [2.45, 2.75) is 72.2 Å². The monoisotopic (exact) mass is 290 g/mol. The standard InChI is InChI=1S/C17H27BO3/c1-8-13(3)19-15-10-9-14(11-12(15)2)18-20-16(4,5)17(6,7)21-18/h9-11,13H,8H2,1-7H3. The van der Waals surface area contributed by atoms with Crippen LogP contribution >= 0.6 is 0 Å². The van der Waals surface area contributed by atoms with Crippen LogP contribution in [0.5, 0.6) is 5.75 Å². The van der Waals surface area contributed by atoms with Crippen LogP contribution < -0.4 is 10.2 Å². The summed E-state index contributed by atoms with van der Waals surface area (Å²) in [5.41, 5.74) is 1.54. The van der Waals surface area contributed by atoms with Gasteiger partial charge in [0.2, 0.25) is 0 Å². The lowest BCUT2D eigenvalue weighted by Crippen LogP contribution is -2.41. The lowest BCUT2D eigenvalue weighted by Gasteiger charge is -2.32. The average molecular weight is 290 g/mol. The van der Waals surface area contributed by atoms with Gasteiger partial charge >= 0.3 is 7.12 Å². The number of rotatable bonds is 4. The first-order chi connectivity index (χ1) is 9.66. The van der Waals surface area contributed by atoms with Crippen LogP contribution in [0.1, 0.15) is 53.5 Å². The predicted octanol–water partition coefficient (Wildman–Crippen LogP) is 3.47. The van der Waals surface area contributed by atoms with Gasteiger partial charge in [-0.25, -0.2) is 0 Å². The molecule has 1 atom stereocenters. The number of aryl methyl sites for hydroxylation is 1. The maximum absolute atomic E-state index is 6.08. The molecule has 1 heterocycles. The highest BCUT2D eigenvalue weighted by Crippen LogP contribution is 2.36. The van der Waals surface area contributed by atoms with E-state index >= 15 is 0 Å². The zero-order valence-electron chi connectivity index (χ0n) is 14.3. The van der Waals surface area contributed by atoms with E-state index in [1.807, 2.05) is 12.1 Å². The molecule has 1 aromatic carbocycles. The molecule has 0 radical (unpaired) electrons. The quantitative estimate of drug-likeness (QED) is 0.795. The van der Waals surface area contributed by atoms with Crippen molar-refractivity contribution < 1.29 is 14.0 Å². The summed E-state index contributed by atoms with van der Waals surface area (Å²) in [4.78, 5) is 0. The normalized spacial score (nSPS) is 21.4. The van der Waals surface area contributed by atoms with Gasteiger partial charge in [-0.15, -0.1) is 0 Å². The molecule has 2 rings (SSSR count). The van der Waals surface area contributed by atoms with Gasteiger partial charge in [0.05, 0.1) is 17.3 Å². The zero-order valence-corrected chi connectivity index (χ0v) is 14.3. The Hall–Kier alpha value is -0.995. The Bertz CT molecular complexity index is 495. The molecule has 0 spiro atoms. The van der Waals surface area contributed by atoms with Gasteiger partial charge in [-0.2, -0.15) is 0 Å². The number of hydrogen-bond donors (Lipinski definition) is 0.